The maximum absolute atomic E-state index is 9.61. The number of rotatable bonds is 9. The first-order valence-electron chi connectivity index (χ1n) is 6.45. The van der Waals surface area contributed by atoms with E-state index in [1.54, 1.807) is 14.2 Å². The number of aliphatic hydroxyl groups excluding tert-OH is 1. The van der Waals surface area contributed by atoms with Crippen LogP contribution >= 0.6 is 0 Å². The molecule has 0 saturated heterocycles. The molecule has 5 heteroatoms. The summed E-state index contributed by atoms with van der Waals surface area (Å²) >= 11 is 0. The normalized spacial score (nSPS) is 28.2. The minimum atomic E-state index is -0.415. The Labute approximate surface area is 109 Å². The molecule has 0 radical (unpaired) electrons. The summed E-state index contributed by atoms with van der Waals surface area (Å²) in [4.78, 5) is 0. The van der Waals surface area contributed by atoms with Crippen molar-refractivity contribution < 1.29 is 24.1 Å². The minimum absolute atomic E-state index is 0.00971. The van der Waals surface area contributed by atoms with Gasteiger partial charge in [-0.2, -0.15) is 0 Å². The molecule has 1 saturated carbocycles. The van der Waals surface area contributed by atoms with E-state index < -0.39 is 6.10 Å². The second-order valence-corrected chi connectivity index (χ2v) is 5.25. The fourth-order valence-electron chi connectivity index (χ4n) is 1.77. The maximum Gasteiger partial charge on any atom is 0.110 e. The molecular formula is C13H26O5. The molecule has 0 aromatic carbocycles. The molecule has 0 heterocycles. The first kappa shape index (κ1) is 15.9. The Bertz CT molecular complexity index is 231. The van der Waals surface area contributed by atoms with Crippen LogP contribution in [-0.4, -0.2) is 63.1 Å². The van der Waals surface area contributed by atoms with Crippen LogP contribution in [-0.2, 0) is 18.9 Å². The molecule has 0 aliphatic heterocycles. The lowest BCUT2D eigenvalue weighted by Gasteiger charge is -2.41. The van der Waals surface area contributed by atoms with E-state index in [2.05, 4.69) is 0 Å². The Balaban J connectivity index is 2.18. The van der Waals surface area contributed by atoms with Crippen molar-refractivity contribution in [2.24, 2.45) is 0 Å². The maximum atomic E-state index is 9.61. The van der Waals surface area contributed by atoms with E-state index in [1.165, 1.54) is 0 Å². The molecule has 0 aromatic heterocycles. The first-order valence-corrected chi connectivity index (χ1v) is 6.45. The molecule has 0 bridgehead atoms. The molecule has 18 heavy (non-hydrogen) atoms. The van der Waals surface area contributed by atoms with Crippen LogP contribution in [0, 0.1) is 0 Å². The highest BCUT2D eigenvalue weighted by Gasteiger charge is 2.41. The van der Waals surface area contributed by atoms with E-state index in [9.17, 15) is 5.11 Å². The van der Waals surface area contributed by atoms with Crippen LogP contribution in [0.1, 0.15) is 26.7 Å². The second kappa shape index (κ2) is 7.40. The Morgan fingerprint density at radius 2 is 1.83 bits per heavy atom. The minimum Gasteiger partial charge on any atom is -0.390 e. The van der Waals surface area contributed by atoms with E-state index in [1.807, 2.05) is 13.8 Å². The number of hydrogen-bond acceptors (Lipinski definition) is 5. The van der Waals surface area contributed by atoms with E-state index in [0.29, 0.717) is 26.2 Å². The topological polar surface area (TPSA) is 57.2 Å². The van der Waals surface area contributed by atoms with Crippen molar-refractivity contribution in [2.75, 3.05) is 34.0 Å². The monoisotopic (exact) mass is 262 g/mol. The van der Waals surface area contributed by atoms with E-state index in [-0.39, 0.29) is 17.8 Å². The zero-order chi connectivity index (χ0) is 13.6. The fourth-order valence-corrected chi connectivity index (χ4v) is 1.77. The SMILES string of the molecule is COCCOC1C(O)CC1OCCC(C)(C)OC. The largest absolute Gasteiger partial charge is 0.390 e. The Hall–Kier alpha value is -0.200. The van der Waals surface area contributed by atoms with Gasteiger partial charge in [-0.15, -0.1) is 0 Å². The van der Waals surface area contributed by atoms with Crippen LogP contribution in [0.4, 0.5) is 0 Å². The summed E-state index contributed by atoms with van der Waals surface area (Å²) in [5.41, 5.74) is -0.172. The average molecular weight is 262 g/mol. The summed E-state index contributed by atoms with van der Waals surface area (Å²) in [7, 11) is 3.32. The van der Waals surface area contributed by atoms with Gasteiger partial charge in [0.15, 0.2) is 0 Å². The van der Waals surface area contributed by atoms with E-state index in [4.69, 9.17) is 18.9 Å². The summed E-state index contributed by atoms with van der Waals surface area (Å²) in [6, 6.07) is 0. The van der Waals surface area contributed by atoms with Gasteiger partial charge in [0, 0.05) is 27.2 Å². The summed E-state index contributed by atoms with van der Waals surface area (Å²) in [6.07, 6.45) is 0.823. The van der Waals surface area contributed by atoms with Gasteiger partial charge in [0.25, 0.3) is 0 Å². The number of hydrogen-bond donors (Lipinski definition) is 1. The molecule has 108 valence electrons. The molecule has 1 aliphatic rings. The Kier molecular flexibility index (Phi) is 6.52. The smallest absolute Gasteiger partial charge is 0.110 e. The standard InChI is InChI=1S/C13H26O5/c1-13(2,16-4)5-6-17-11-9-10(14)12(11)18-8-7-15-3/h10-12,14H,5-9H2,1-4H3. The molecule has 0 aromatic rings. The van der Waals surface area contributed by atoms with Crippen molar-refractivity contribution in [1.82, 2.24) is 0 Å². The quantitative estimate of drug-likeness (QED) is 0.628. The molecule has 3 unspecified atom stereocenters. The first-order chi connectivity index (χ1) is 8.50. The molecule has 1 rings (SSSR count). The summed E-state index contributed by atoms with van der Waals surface area (Å²) in [6.45, 7) is 5.69. The summed E-state index contributed by atoms with van der Waals surface area (Å²) in [5.74, 6) is 0. The number of aliphatic hydroxyl groups is 1. The van der Waals surface area contributed by atoms with Crippen LogP contribution in [0.2, 0.25) is 0 Å². The Morgan fingerprint density at radius 3 is 2.39 bits per heavy atom. The number of ether oxygens (including phenoxy) is 4. The third-order valence-electron chi connectivity index (χ3n) is 3.41. The van der Waals surface area contributed by atoms with Gasteiger partial charge in [-0.1, -0.05) is 0 Å². The van der Waals surface area contributed by atoms with Crippen LogP contribution in [0.15, 0.2) is 0 Å². The van der Waals surface area contributed by atoms with Crippen molar-refractivity contribution in [2.45, 2.75) is 50.6 Å². The molecule has 1 aliphatic carbocycles. The molecule has 0 spiro atoms. The fraction of sp³-hybridized carbons (Fsp3) is 1.00. The van der Waals surface area contributed by atoms with Crippen LogP contribution in [0.3, 0.4) is 0 Å². The van der Waals surface area contributed by atoms with Gasteiger partial charge in [-0.25, -0.2) is 0 Å². The number of methoxy groups -OCH3 is 2. The molecule has 0 amide bonds. The summed E-state index contributed by atoms with van der Waals surface area (Å²) < 4.78 is 21.5. The van der Waals surface area contributed by atoms with Gasteiger partial charge < -0.3 is 24.1 Å². The van der Waals surface area contributed by atoms with Gasteiger partial charge >= 0.3 is 0 Å². The van der Waals surface area contributed by atoms with E-state index in [0.717, 1.165) is 6.42 Å². The lowest BCUT2D eigenvalue weighted by Crippen LogP contribution is -2.54. The van der Waals surface area contributed by atoms with Gasteiger partial charge in [-0.05, 0) is 20.3 Å². The predicted molar refractivity (Wildman–Crippen MR) is 67.7 cm³/mol. The molecule has 5 nitrogen and oxygen atoms in total. The molecule has 1 fully saturated rings. The second-order valence-electron chi connectivity index (χ2n) is 5.25. The lowest BCUT2D eigenvalue weighted by atomic mass is 9.88. The highest BCUT2D eigenvalue weighted by atomic mass is 16.6. The van der Waals surface area contributed by atoms with Crippen LogP contribution < -0.4 is 0 Å². The summed E-state index contributed by atoms with van der Waals surface area (Å²) in [5, 5.41) is 9.61. The molecule has 1 N–H and O–H groups in total. The van der Waals surface area contributed by atoms with Gasteiger partial charge in [0.2, 0.25) is 0 Å². The highest BCUT2D eigenvalue weighted by Crippen LogP contribution is 2.28. The van der Waals surface area contributed by atoms with Crippen molar-refractivity contribution in [3.8, 4) is 0 Å². The van der Waals surface area contributed by atoms with Gasteiger partial charge in [0.05, 0.1) is 31.0 Å². The average Bonchev–Trinajstić information content (AvgIpc) is 2.33. The van der Waals surface area contributed by atoms with Crippen molar-refractivity contribution in [3.63, 3.8) is 0 Å². The van der Waals surface area contributed by atoms with Crippen molar-refractivity contribution in [3.05, 3.63) is 0 Å². The highest BCUT2D eigenvalue weighted by molar-refractivity contribution is 4.92. The van der Waals surface area contributed by atoms with E-state index >= 15 is 0 Å². The molecular weight excluding hydrogens is 236 g/mol. The molecule has 3 atom stereocenters. The van der Waals surface area contributed by atoms with Crippen molar-refractivity contribution in [1.29, 1.82) is 0 Å². The van der Waals surface area contributed by atoms with Gasteiger partial charge in [0.1, 0.15) is 6.10 Å². The third kappa shape index (κ3) is 4.82. The lowest BCUT2D eigenvalue weighted by molar-refractivity contribution is -0.198. The Morgan fingerprint density at radius 1 is 1.11 bits per heavy atom. The zero-order valence-electron chi connectivity index (χ0n) is 11.8. The third-order valence-corrected chi connectivity index (χ3v) is 3.41. The zero-order valence-corrected chi connectivity index (χ0v) is 11.8. The van der Waals surface area contributed by atoms with Crippen molar-refractivity contribution >= 4 is 0 Å². The van der Waals surface area contributed by atoms with Gasteiger partial charge in [-0.3, -0.25) is 0 Å². The predicted octanol–water partition coefficient (Wildman–Crippen LogP) is 0.983. The van der Waals surface area contributed by atoms with Crippen LogP contribution in [0.5, 0.6) is 0 Å². The van der Waals surface area contributed by atoms with Crippen LogP contribution in [0.25, 0.3) is 0 Å².